The first-order valence-electron chi connectivity index (χ1n) is 8.06. The van der Waals surface area contributed by atoms with Crippen LogP contribution in [0.2, 0.25) is 0 Å². The number of carbonyl (C=O) groups excluding carboxylic acids is 1. The minimum absolute atomic E-state index is 0.0369. The van der Waals surface area contributed by atoms with Crippen molar-refractivity contribution in [3.63, 3.8) is 0 Å². The highest BCUT2D eigenvalue weighted by Crippen LogP contribution is 2.45. The van der Waals surface area contributed by atoms with Gasteiger partial charge in [-0.25, -0.2) is 9.37 Å². The minimum Gasteiger partial charge on any atom is -0.322 e. The highest BCUT2D eigenvalue weighted by atomic mass is 19.1. The molecule has 2 unspecified atom stereocenters. The van der Waals surface area contributed by atoms with Gasteiger partial charge in [-0.05, 0) is 18.1 Å². The maximum absolute atomic E-state index is 13.1. The molecule has 0 N–H and O–H groups in total. The van der Waals surface area contributed by atoms with E-state index < -0.39 is 6.67 Å². The lowest BCUT2D eigenvalue weighted by Crippen LogP contribution is -2.32. The second-order valence-corrected chi connectivity index (χ2v) is 6.36. The number of benzene rings is 1. The molecule has 6 heteroatoms. The van der Waals surface area contributed by atoms with E-state index in [0.717, 1.165) is 16.8 Å². The lowest BCUT2D eigenvalue weighted by atomic mass is 9.84. The molecule has 0 saturated carbocycles. The van der Waals surface area contributed by atoms with Gasteiger partial charge in [0.1, 0.15) is 12.4 Å². The Hall–Kier alpha value is -2.76. The number of hydrogen-bond donors (Lipinski definition) is 0. The Kier molecular flexibility index (Phi) is 2.77. The van der Waals surface area contributed by atoms with E-state index in [1.807, 2.05) is 18.3 Å². The van der Waals surface area contributed by atoms with Gasteiger partial charge in [-0.1, -0.05) is 24.3 Å². The van der Waals surface area contributed by atoms with Crippen molar-refractivity contribution in [2.75, 3.05) is 0 Å². The van der Waals surface area contributed by atoms with E-state index in [1.165, 1.54) is 0 Å². The van der Waals surface area contributed by atoms with Crippen molar-refractivity contribution >= 4 is 5.78 Å². The molecule has 0 spiro atoms. The van der Waals surface area contributed by atoms with E-state index in [0.29, 0.717) is 24.4 Å². The molecule has 2 aromatic heterocycles. The summed E-state index contributed by atoms with van der Waals surface area (Å²) < 4.78 is 16.6. The molecule has 0 fully saturated rings. The SMILES string of the molecule is O=C1c2cc(CF)nn2CCC1C1c2ccccc2-c2cncn21. The van der Waals surface area contributed by atoms with Crippen LogP contribution in [-0.4, -0.2) is 25.1 Å². The number of imidazole rings is 1. The number of aromatic nitrogens is 4. The van der Waals surface area contributed by atoms with Gasteiger partial charge in [0, 0.05) is 12.1 Å². The van der Waals surface area contributed by atoms with E-state index >= 15 is 0 Å². The monoisotopic (exact) mass is 322 g/mol. The molecule has 4 heterocycles. The number of carbonyl (C=O) groups is 1. The Morgan fingerprint density at radius 2 is 2.12 bits per heavy atom. The zero-order chi connectivity index (χ0) is 16.3. The molecule has 1 aromatic carbocycles. The molecule has 0 radical (unpaired) electrons. The summed E-state index contributed by atoms with van der Waals surface area (Å²) in [6.45, 7) is -0.00961. The lowest BCUT2D eigenvalue weighted by molar-refractivity contribution is 0.0839. The van der Waals surface area contributed by atoms with Crippen LogP contribution < -0.4 is 0 Å². The molecule has 3 aromatic rings. The van der Waals surface area contributed by atoms with Crippen molar-refractivity contribution in [1.82, 2.24) is 19.3 Å². The summed E-state index contributed by atoms with van der Waals surface area (Å²) in [5, 5.41) is 4.16. The van der Waals surface area contributed by atoms with Gasteiger partial charge in [0.2, 0.25) is 0 Å². The summed E-state index contributed by atoms with van der Waals surface area (Å²) >= 11 is 0. The van der Waals surface area contributed by atoms with E-state index in [-0.39, 0.29) is 17.7 Å². The largest absolute Gasteiger partial charge is 0.322 e. The van der Waals surface area contributed by atoms with Gasteiger partial charge in [-0.2, -0.15) is 5.10 Å². The number of aryl methyl sites for hydroxylation is 1. The van der Waals surface area contributed by atoms with Crippen molar-refractivity contribution in [3.8, 4) is 11.3 Å². The normalized spacial score (nSPS) is 21.5. The Morgan fingerprint density at radius 3 is 3.00 bits per heavy atom. The Labute approximate surface area is 137 Å². The van der Waals surface area contributed by atoms with Crippen LogP contribution in [0.5, 0.6) is 0 Å². The maximum Gasteiger partial charge on any atom is 0.186 e. The molecule has 2 aliphatic heterocycles. The molecule has 2 atom stereocenters. The number of nitrogens with zero attached hydrogens (tertiary/aromatic N) is 4. The van der Waals surface area contributed by atoms with Crippen LogP contribution in [0.1, 0.15) is 34.2 Å². The summed E-state index contributed by atoms with van der Waals surface area (Å²) in [4.78, 5) is 17.3. The van der Waals surface area contributed by atoms with Gasteiger partial charge in [0.15, 0.2) is 5.78 Å². The number of halogens is 1. The second-order valence-electron chi connectivity index (χ2n) is 6.36. The lowest BCUT2D eigenvalue weighted by Gasteiger charge is -2.28. The molecule has 0 bridgehead atoms. The molecule has 24 heavy (non-hydrogen) atoms. The summed E-state index contributed by atoms with van der Waals surface area (Å²) in [7, 11) is 0. The van der Waals surface area contributed by atoms with E-state index in [4.69, 9.17) is 0 Å². The Morgan fingerprint density at radius 1 is 1.25 bits per heavy atom. The zero-order valence-electron chi connectivity index (χ0n) is 12.9. The molecule has 0 aliphatic carbocycles. The summed E-state index contributed by atoms with van der Waals surface area (Å²) in [5.74, 6) is -0.145. The average molecular weight is 322 g/mol. The van der Waals surface area contributed by atoms with Crippen molar-refractivity contribution in [2.45, 2.75) is 25.7 Å². The number of fused-ring (bicyclic) bond motifs is 4. The first-order valence-corrected chi connectivity index (χ1v) is 8.06. The van der Waals surface area contributed by atoms with Crippen molar-refractivity contribution < 1.29 is 9.18 Å². The molecule has 5 rings (SSSR count). The first-order chi connectivity index (χ1) is 11.8. The molecule has 0 amide bonds. The number of rotatable bonds is 2. The maximum atomic E-state index is 13.1. The van der Waals surface area contributed by atoms with E-state index in [1.54, 1.807) is 17.1 Å². The summed E-state index contributed by atoms with van der Waals surface area (Å²) in [5.41, 5.74) is 4.19. The van der Waals surface area contributed by atoms with Gasteiger partial charge in [0.25, 0.3) is 0 Å². The second kappa shape index (κ2) is 4.87. The molecule has 5 nitrogen and oxygen atoms in total. The molecule has 2 aliphatic rings. The molecular formula is C18H15FN4O. The number of Topliss-reactive ketones (excluding diaryl/α,β-unsaturated/α-hetero) is 1. The van der Waals surface area contributed by atoms with Crippen LogP contribution in [0.3, 0.4) is 0 Å². The number of ketones is 1. The van der Waals surface area contributed by atoms with Crippen LogP contribution in [0.15, 0.2) is 42.9 Å². The molecule has 120 valence electrons. The van der Waals surface area contributed by atoms with Crippen molar-refractivity contribution in [3.05, 3.63) is 59.8 Å². The third kappa shape index (κ3) is 1.71. The molecular weight excluding hydrogens is 307 g/mol. The third-order valence-corrected chi connectivity index (χ3v) is 5.11. The van der Waals surface area contributed by atoms with Crippen molar-refractivity contribution in [1.29, 1.82) is 0 Å². The van der Waals surface area contributed by atoms with Gasteiger partial charge < -0.3 is 4.57 Å². The summed E-state index contributed by atoms with van der Waals surface area (Å²) in [6, 6.07) is 9.70. The Bertz CT molecular complexity index is 958. The smallest absolute Gasteiger partial charge is 0.186 e. The van der Waals surface area contributed by atoms with Crippen LogP contribution in [-0.2, 0) is 13.2 Å². The van der Waals surface area contributed by atoms with Gasteiger partial charge in [-0.3, -0.25) is 9.48 Å². The third-order valence-electron chi connectivity index (χ3n) is 5.11. The standard InChI is InChI=1S/C18H15FN4O/c19-8-11-7-15-18(24)14(5-6-23(15)21-11)17-13-4-2-1-3-12(13)16-9-20-10-22(16)17/h1-4,7,9-10,14,17H,5-6,8H2. The minimum atomic E-state index is -0.643. The van der Waals surface area contributed by atoms with Gasteiger partial charge >= 0.3 is 0 Å². The Balaban J connectivity index is 1.61. The quantitative estimate of drug-likeness (QED) is 0.729. The fourth-order valence-corrected chi connectivity index (χ4v) is 4.07. The van der Waals surface area contributed by atoms with Gasteiger partial charge in [-0.15, -0.1) is 0 Å². The zero-order valence-corrected chi connectivity index (χ0v) is 12.9. The topological polar surface area (TPSA) is 52.7 Å². The van der Waals surface area contributed by atoms with Crippen LogP contribution >= 0.6 is 0 Å². The van der Waals surface area contributed by atoms with Crippen LogP contribution in [0.4, 0.5) is 4.39 Å². The fourth-order valence-electron chi connectivity index (χ4n) is 4.07. The number of alkyl halides is 1. The van der Waals surface area contributed by atoms with Gasteiger partial charge in [0.05, 0.1) is 35.9 Å². The van der Waals surface area contributed by atoms with E-state index in [2.05, 4.69) is 26.8 Å². The van der Waals surface area contributed by atoms with Crippen LogP contribution in [0, 0.1) is 5.92 Å². The molecule has 0 saturated heterocycles. The first kappa shape index (κ1) is 13.7. The van der Waals surface area contributed by atoms with Crippen LogP contribution in [0.25, 0.3) is 11.3 Å². The summed E-state index contributed by atoms with van der Waals surface area (Å²) in [6.07, 6.45) is 4.33. The van der Waals surface area contributed by atoms with E-state index in [9.17, 15) is 9.18 Å². The highest BCUT2D eigenvalue weighted by molar-refractivity contribution is 5.98. The predicted molar refractivity (Wildman–Crippen MR) is 85.3 cm³/mol. The fraction of sp³-hybridized carbons (Fsp3) is 0.278. The van der Waals surface area contributed by atoms with Crippen molar-refractivity contribution in [2.24, 2.45) is 5.92 Å². The number of hydrogen-bond acceptors (Lipinski definition) is 3. The predicted octanol–water partition coefficient (Wildman–Crippen LogP) is 3.02. The highest BCUT2D eigenvalue weighted by Gasteiger charge is 2.41. The average Bonchev–Trinajstić information content (AvgIpc) is 3.29.